The van der Waals surface area contributed by atoms with Gasteiger partial charge in [-0.25, -0.2) is 4.39 Å². The molecule has 0 saturated carbocycles. The molecule has 0 bridgehead atoms. The van der Waals surface area contributed by atoms with E-state index in [1.807, 2.05) is 6.92 Å². The van der Waals surface area contributed by atoms with Crippen molar-refractivity contribution in [3.8, 4) is 0 Å². The molecule has 0 heterocycles. The minimum absolute atomic E-state index is 0.0421. The Morgan fingerprint density at radius 3 is 2.46 bits per heavy atom. The molecule has 3 N–H and O–H groups in total. The van der Waals surface area contributed by atoms with Crippen LogP contribution in [0.15, 0.2) is 35.8 Å². The summed E-state index contributed by atoms with van der Waals surface area (Å²) >= 11 is 0. The molecule has 0 atom stereocenters. The summed E-state index contributed by atoms with van der Waals surface area (Å²) in [7, 11) is 3.16. The molecule has 0 unspecified atom stereocenters. The number of amides is 2. The molecule has 132 valence electrons. The van der Waals surface area contributed by atoms with Crippen LogP contribution < -0.4 is 11.1 Å². The number of rotatable bonds is 9. The van der Waals surface area contributed by atoms with Crippen molar-refractivity contribution in [2.75, 3.05) is 20.6 Å². The smallest absolute Gasteiger partial charge is 0.273 e. The van der Waals surface area contributed by atoms with Gasteiger partial charge in [-0.15, -0.1) is 0 Å². The van der Waals surface area contributed by atoms with Crippen molar-refractivity contribution in [1.82, 2.24) is 15.1 Å². The Kier molecular flexibility index (Phi) is 7.74. The molecule has 1 aromatic rings. The average molecular weight is 336 g/mol. The molecule has 1 rings (SSSR count). The quantitative estimate of drug-likeness (QED) is 0.528. The molecule has 24 heavy (non-hydrogen) atoms. The van der Waals surface area contributed by atoms with Gasteiger partial charge in [-0.05, 0) is 24.1 Å². The first-order valence-corrected chi connectivity index (χ1v) is 7.82. The van der Waals surface area contributed by atoms with Gasteiger partial charge in [-0.1, -0.05) is 25.5 Å². The summed E-state index contributed by atoms with van der Waals surface area (Å²) in [4.78, 5) is 26.2. The van der Waals surface area contributed by atoms with E-state index in [0.29, 0.717) is 13.0 Å². The van der Waals surface area contributed by atoms with Crippen LogP contribution in [0.2, 0.25) is 0 Å². The van der Waals surface area contributed by atoms with E-state index >= 15 is 0 Å². The van der Waals surface area contributed by atoms with Crippen molar-refractivity contribution in [2.45, 2.75) is 26.3 Å². The van der Waals surface area contributed by atoms with Crippen molar-refractivity contribution in [3.63, 3.8) is 0 Å². The Balaban J connectivity index is 2.95. The highest BCUT2D eigenvalue weighted by Crippen LogP contribution is 2.08. The summed E-state index contributed by atoms with van der Waals surface area (Å²) in [6.45, 7) is 2.92. The van der Waals surface area contributed by atoms with Crippen LogP contribution >= 0.6 is 0 Å². The topological polar surface area (TPSA) is 78.7 Å². The highest BCUT2D eigenvalue weighted by molar-refractivity contribution is 5.93. The molecule has 1 aromatic carbocycles. The first-order chi connectivity index (χ1) is 11.4. The van der Waals surface area contributed by atoms with Gasteiger partial charge in [-0.2, -0.15) is 0 Å². The SMILES string of the molecule is CCCCN(C)C(=O)/C(NCc1ccc(F)cc1)=C(/N)N(C)C=O. The minimum Gasteiger partial charge on any atom is -0.383 e. The minimum atomic E-state index is -0.329. The lowest BCUT2D eigenvalue weighted by atomic mass is 10.2. The van der Waals surface area contributed by atoms with Crippen molar-refractivity contribution >= 4 is 12.3 Å². The number of likely N-dealkylation sites (N-methyl/N-ethyl adjacent to an activating group) is 1. The number of halogens is 1. The molecule has 7 heteroatoms. The van der Waals surface area contributed by atoms with Crippen LogP contribution in [0.3, 0.4) is 0 Å². The van der Waals surface area contributed by atoms with Crippen LogP contribution in [0.25, 0.3) is 0 Å². The van der Waals surface area contributed by atoms with E-state index in [4.69, 9.17) is 5.73 Å². The predicted octanol–water partition coefficient (Wildman–Crippen LogP) is 1.39. The molecule has 0 fully saturated rings. The third kappa shape index (κ3) is 5.57. The zero-order chi connectivity index (χ0) is 18.1. The van der Waals surface area contributed by atoms with E-state index in [1.54, 1.807) is 24.1 Å². The highest BCUT2D eigenvalue weighted by atomic mass is 19.1. The van der Waals surface area contributed by atoms with E-state index in [9.17, 15) is 14.0 Å². The fourth-order valence-corrected chi connectivity index (χ4v) is 1.99. The zero-order valence-corrected chi connectivity index (χ0v) is 14.4. The molecular weight excluding hydrogens is 311 g/mol. The third-order valence-electron chi connectivity index (χ3n) is 3.58. The van der Waals surface area contributed by atoms with Crippen LogP contribution in [0.4, 0.5) is 4.39 Å². The summed E-state index contributed by atoms with van der Waals surface area (Å²) in [5, 5.41) is 2.97. The molecule has 0 aromatic heterocycles. The van der Waals surface area contributed by atoms with E-state index < -0.39 is 0 Å². The number of unbranched alkanes of at least 4 members (excludes halogenated alkanes) is 1. The van der Waals surface area contributed by atoms with Crippen molar-refractivity contribution in [1.29, 1.82) is 0 Å². The zero-order valence-electron chi connectivity index (χ0n) is 14.4. The second-order valence-electron chi connectivity index (χ2n) is 5.54. The second kappa shape index (κ2) is 9.54. The Morgan fingerprint density at radius 2 is 1.92 bits per heavy atom. The normalized spacial score (nSPS) is 11.5. The fraction of sp³-hybridized carbons (Fsp3) is 0.412. The molecule has 0 aliphatic rings. The molecule has 6 nitrogen and oxygen atoms in total. The van der Waals surface area contributed by atoms with Gasteiger partial charge in [0.25, 0.3) is 5.91 Å². The second-order valence-corrected chi connectivity index (χ2v) is 5.54. The number of hydrogen-bond acceptors (Lipinski definition) is 4. The van der Waals surface area contributed by atoms with Crippen molar-refractivity contribution < 1.29 is 14.0 Å². The van der Waals surface area contributed by atoms with Gasteiger partial charge in [0.05, 0.1) is 0 Å². The molecule has 0 aliphatic heterocycles. The Labute approximate surface area is 142 Å². The first-order valence-electron chi connectivity index (χ1n) is 7.82. The maximum absolute atomic E-state index is 13.0. The maximum Gasteiger partial charge on any atom is 0.273 e. The monoisotopic (exact) mass is 336 g/mol. The van der Waals surface area contributed by atoms with Crippen LogP contribution in [-0.2, 0) is 16.1 Å². The van der Waals surface area contributed by atoms with Gasteiger partial charge in [0.2, 0.25) is 6.41 Å². The first kappa shape index (κ1) is 19.5. The van der Waals surface area contributed by atoms with Gasteiger partial charge in [0.1, 0.15) is 17.3 Å². The van der Waals surface area contributed by atoms with Gasteiger partial charge in [0, 0.05) is 27.2 Å². The number of carbonyl (C=O) groups excluding carboxylic acids is 2. The molecule has 0 aliphatic carbocycles. The lowest BCUT2D eigenvalue weighted by Crippen LogP contribution is -2.39. The van der Waals surface area contributed by atoms with E-state index in [1.165, 1.54) is 19.2 Å². The Bertz CT molecular complexity index is 587. The third-order valence-corrected chi connectivity index (χ3v) is 3.58. The number of carbonyl (C=O) groups is 2. The lowest BCUT2D eigenvalue weighted by Gasteiger charge is -2.23. The van der Waals surface area contributed by atoms with Crippen LogP contribution in [0, 0.1) is 5.82 Å². The van der Waals surface area contributed by atoms with Crippen molar-refractivity contribution in [3.05, 3.63) is 47.2 Å². The number of nitrogens with two attached hydrogens (primary N) is 1. The summed E-state index contributed by atoms with van der Waals surface area (Å²) in [5.41, 5.74) is 6.87. The molecular formula is C17H25FN4O2. The molecule has 0 spiro atoms. The maximum atomic E-state index is 13.0. The van der Waals surface area contributed by atoms with Crippen molar-refractivity contribution in [2.24, 2.45) is 5.73 Å². The standard InChI is InChI=1S/C17H25FN4O2/c1-4-5-10-21(2)17(24)15(16(19)22(3)12-23)20-11-13-6-8-14(18)9-7-13/h6-9,12,20H,4-5,10-11,19H2,1-3H3/b16-15+. The number of benzene rings is 1. The van der Waals surface area contributed by atoms with E-state index in [0.717, 1.165) is 23.3 Å². The molecule has 0 radical (unpaired) electrons. The van der Waals surface area contributed by atoms with E-state index in [2.05, 4.69) is 5.32 Å². The van der Waals surface area contributed by atoms with Gasteiger partial charge >= 0.3 is 0 Å². The number of hydrogen-bond donors (Lipinski definition) is 2. The molecule has 2 amide bonds. The highest BCUT2D eigenvalue weighted by Gasteiger charge is 2.20. The van der Waals surface area contributed by atoms with E-state index in [-0.39, 0.29) is 29.8 Å². The predicted molar refractivity (Wildman–Crippen MR) is 90.8 cm³/mol. The summed E-state index contributed by atoms with van der Waals surface area (Å²) in [6.07, 6.45) is 2.37. The van der Waals surface area contributed by atoms with Crippen LogP contribution in [0.1, 0.15) is 25.3 Å². The fourth-order valence-electron chi connectivity index (χ4n) is 1.99. The summed E-state index contributed by atoms with van der Waals surface area (Å²) in [5.74, 6) is -0.581. The van der Waals surface area contributed by atoms with Gasteiger partial charge < -0.3 is 20.9 Å². The van der Waals surface area contributed by atoms with Gasteiger partial charge in [0.15, 0.2) is 0 Å². The number of nitrogens with zero attached hydrogens (tertiary/aromatic N) is 2. The summed E-state index contributed by atoms with van der Waals surface area (Å²) in [6, 6.07) is 5.92. The average Bonchev–Trinajstić information content (AvgIpc) is 2.60. The lowest BCUT2D eigenvalue weighted by molar-refractivity contribution is -0.126. The Hall–Kier alpha value is -2.57. The van der Waals surface area contributed by atoms with Crippen LogP contribution in [-0.4, -0.2) is 42.8 Å². The largest absolute Gasteiger partial charge is 0.383 e. The number of nitrogens with one attached hydrogen (secondary N) is 1. The summed E-state index contributed by atoms with van der Waals surface area (Å²) < 4.78 is 13.0. The van der Waals surface area contributed by atoms with Gasteiger partial charge in [-0.3, -0.25) is 9.59 Å². The molecule has 0 saturated heterocycles. The van der Waals surface area contributed by atoms with Crippen LogP contribution in [0.5, 0.6) is 0 Å². The Morgan fingerprint density at radius 1 is 1.29 bits per heavy atom.